The van der Waals surface area contributed by atoms with E-state index in [1.54, 1.807) is 7.11 Å². The fourth-order valence-corrected chi connectivity index (χ4v) is 3.43. The summed E-state index contributed by atoms with van der Waals surface area (Å²) >= 11 is 1.95. The maximum absolute atomic E-state index is 9.53. The molecule has 1 unspecified atom stereocenters. The summed E-state index contributed by atoms with van der Waals surface area (Å²) in [4.78, 5) is 1.35. The zero-order valence-electron chi connectivity index (χ0n) is 10.7. The monoisotopic (exact) mass is 267 g/mol. The van der Waals surface area contributed by atoms with E-state index in [4.69, 9.17) is 4.74 Å². The van der Waals surface area contributed by atoms with Gasteiger partial charge in [-0.25, -0.2) is 0 Å². The standard InChI is InChI=1S/C14H21NO2S/c1-17-10-12(16)9-15-11-7-14(8-11)18-13-5-3-2-4-6-13/h2-6,11-12,14-16H,7-10H2,1H3. The van der Waals surface area contributed by atoms with Crippen molar-refractivity contribution in [3.63, 3.8) is 0 Å². The van der Waals surface area contributed by atoms with Crippen LogP contribution in [0.4, 0.5) is 0 Å². The number of hydrogen-bond donors (Lipinski definition) is 2. The molecule has 0 spiro atoms. The highest BCUT2D eigenvalue weighted by Gasteiger charge is 2.29. The van der Waals surface area contributed by atoms with Gasteiger partial charge < -0.3 is 15.2 Å². The molecule has 0 radical (unpaired) electrons. The Morgan fingerprint density at radius 1 is 1.39 bits per heavy atom. The van der Waals surface area contributed by atoms with Crippen molar-refractivity contribution in [3.05, 3.63) is 30.3 Å². The van der Waals surface area contributed by atoms with Crippen molar-refractivity contribution in [1.82, 2.24) is 5.32 Å². The highest BCUT2D eigenvalue weighted by molar-refractivity contribution is 8.00. The fourth-order valence-electron chi connectivity index (χ4n) is 2.07. The molecule has 0 amide bonds. The highest BCUT2D eigenvalue weighted by Crippen LogP contribution is 2.36. The molecular weight excluding hydrogens is 246 g/mol. The number of thioether (sulfide) groups is 1. The first-order chi connectivity index (χ1) is 8.78. The molecule has 1 atom stereocenters. The van der Waals surface area contributed by atoms with Crippen LogP contribution in [0.2, 0.25) is 0 Å². The Bertz CT molecular complexity index is 341. The van der Waals surface area contributed by atoms with E-state index in [9.17, 15) is 5.11 Å². The lowest BCUT2D eigenvalue weighted by Gasteiger charge is -2.36. The van der Waals surface area contributed by atoms with Crippen molar-refractivity contribution in [2.75, 3.05) is 20.3 Å². The van der Waals surface area contributed by atoms with Gasteiger partial charge in [-0.2, -0.15) is 0 Å². The topological polar surface area (TPSA) is 41.5 Å². The Labute approximate surface area is 113 Å². The summed E-state index contributed by atoms with van der Waals surface area (Å²) in [7, 11) is 1.61. The number of hydrogen-bond acceptors (Lipinski definition) is 4. The highest BCUT2D eigenvalue weighted by atomic mass is 32.2. The molecule has 4 heteroatoms. The van der Waals surface area contributed by atoms with Gasteiger partial charge in [-0.15, -0.1) is 11.8 Å². The van der Waals surface area contributed by atoms with Crippen LogP contribution in [0.3, 0.4) is 0 Å². The average molecular weight is 267 g/mol. The number of rotatable bonds is 7. The van der Waals surface area contributed by atoms with E-state index in [0.717, 1.165) is 0 Å². The van der Waals surface area contributed by atoms with Crippen LogP contribution < -0.4 is 5.32 Å². The maximum Gasteiger partial charge on any atom is 0.0897 e. The first-order valence-corrected chi connectivity index (χ1v) is 7.28. The molecule has 0 saturated heterocycles. The minimum atomic E-state index is -0.393. The molecular formula is C14H21NO2S. The second-order valence-electron chi connectivity index (χ2n) is 4.74. The largest absolute Gasteiger partial charge is 0.389 e. The van der Waals surface area contributed by atoms with Crippen LogP contribution in [0.1, 0.15) is 12.8 Å². The van der Waals surface area contributed by atoms with E-state index in [-0.39, 0.29) is 0 Å². The number of aliphatic hydroxyl groups is 1. The summed E-state index contributed by atoms with van der Waals surface area (Å²) in [6.07, 6.45) is 1.97. The van der Waals surface area contributed by atoms with Crippen LogP contribution in [0.5, 0.6) is 0 Å². The van der Waals surface area contributed by atoms with Crippen molar-refractivity contribution >= 4 is 11.8 Å². The molecule has 1 aromatic carbocycles. The average Bonchev–Trinajstić information content (AvgIpc) is 2.33. The molecule has 100 valence electrons. The van der Waals surface area contributed by atoms with Crippen molar-refractivity contribution in [3.8, 4) is 0 Å². The minimum absolute atomic E-state index is 0.393. The molecule has 1 aliphatic carbocycles. The first kappa shape index (κ1) is 13.9. The van der Waals surface area contributed by atoms with Crippen molar-refractivity contribution in [2.24, 2.45) is 0 Å². The molecule has 2 N–H and O–H groups in total. The molecule has 0 heterocycles. The van der Waals surface area contributed by atoms with Crippen LogP contribution in [-0.2, 0) is 4.74 Å². The second-order valence-corrected chi connectivity index (χ2v) is 6.11. The van der Waals surface area contributed by atoms with Crippen LogP contribution in [-0.4, -0.2) is 42.8 Å². The predicted molar refractivity (Wildman–Crippen MR) is 75.0 cm³/mol. The zero-order valence-corrected chi connectivity index (χ0v) is 11.5. The van der Waals surface area contributed by atoms with E-state index in [1.165, 1.54) is 17.7 Å². The molecule has 1 aromatic rings. The summed E-state index contributed by atoms with van der Waals surface area (Å²) in [5.41, 5.74) is 0. The number of aliphatic hydroxyl groups excluding tert-OH is 1. The minimum Gasteiger partial charge on any atom is -0.389 e. The summed E-state index contributed by atoms with van der Waals surface area (Å²) in [6, 6.07) is 11.1. The zero-order chi connectivity index (χ0) is 12.8. The lowest BCUT2D eigenvalue weighted by Crippen LogP contribution is -2.46. The summed E-state index contributed by atoms with van der Waals surface area (Å²) in [6.45, 7) is 1.03. The summed E-state index contributed by atoms with van der Waals surface area (Å²) in [5.74, 6) is 0. The Morgan fingerprint density at radius 3 is 2.78 bits per heavy atom. The van der Waals surface area contributed by atoms with Crippen molar-refractivity contribution in [1.29, 1.82) is 0 Å². The molecule has 0 bridgehead atoms. The number of nitrogens with one attached hydrogen (secondary N) is 1. The third kappa shape index (κ3) is 4.28. The first-order valence-electron chi connectivity index (χ1n) is 6.40. The van der Waals surface area contributed by atoms with Crippen molar-refractivity contribution in [2.45, 2.75) is 35.1 Å². The van der Waals surface area contributed by atoms with Gasteiger partial charge in [0.2, 0.25) is 0 Å². The number of methoxy groups -OCH3 is 1. The van der Waals surface area contributed by atoms with Crippen LogP contribution in [0, 0.1) is 0 Å². The Hall–Kier alpha value is -0.550. The van der Waals surface area contributed by atoms with Crippen LogP contribution in [0.15, 0.2) is 35.2 Å². The van der Waals surface area contributed by atoms with Crippen LogP contribution in [0.25, 0.3) is 0 Å². The SMILES string of the molecule is COCC(O)CNC1CC(Sc2ccccc2)C1. The van der Waals surface area contributed by atoms with Gasteiger partial charge in [0.25, 0.3) is 0 Å². The maximum atomic E-state index is 9.53. The quantitative estimate of drug-likeness (QED) is 0.792. The normalized spacial score (nSPS) is 24.6. The molecule has 3 nitrogen and oxygen atoms in total. The number of benzene rings is 1. The predicted octanol–water partition coefficient (Wildman–Crippen LogP) is 1.91. The Morgan fingerprint density at radius 2 is 2.11 bits per heavy atom. The molecule has 0 aliphatic heterocycles. The summed E-state index contributed by atoms with van der Waals surface area (Å²) in [5, 5.41) is 13.6. The van der Waals surface area contributed by atoms with E-state index in [0.29, 0.717) is 24.4 Å². The van der Waals surface area contributed by atoms with Gasteiger partial charge in [-0.05, 0) is 25.0 Å². The third-order valence-electron chi connectivity index (χ3n) is 3.14. The smallest absolute Gasteiger partial charge is 0.0897 e. The molecule has 2 rings (SSSR count). The van der Waals surface area contributed by atoms with Gasteiger partial charge in [0.05, 0.1) is 12.7 Å². The Kier molecular flexibility index (Phi) is 5.50. The van der Waals surface area contributed by atoms with Gasteiger partial charge in [-0.3, -0.25) is 0 Å². The fraction of sp³-hybridized carbons (Fsp3) is 0.571. The van der Waals surface area contributed by atoms with Crippen molar-refractivity contribution < 1.29 is 9.84 Å². The van der Waals surface area contributed by atoms with Gasteiger partial charge >= 0.3 is 0 Å². The Balaban J connectivity index is 1.60. The lowest BCUT2D eigenvalue weighted by atomic mass is 9.92. The van der Waals surface area contributed by atoms with Gasteiger partial charge in [0.15, 0.2) is 0 Å². The number of ether oxygens (including phenoxy) is 1. The van der Waals surface area contributed by atoms with Crippen LogP contribution >= 0.6 is 11.8 Å². The molecule has 18 heavy (non-hydrogen) atoms. The van der Waals surface area contributed by atoms with Gasteiger partial charge in [0, 0.05) is 29.8 Å². The molecule has 1 saturated carbocycles. The molecule has 0 aromatic heterocycles. The van der Waals surface area contributed by atoms with Gasteiger partial charge in [0.1, 0.15) is 0 Å². The van der Waals surface area contributed by atoms with E-state index < -0.39 is 6.10 Å². The van der Waals surface area contributed by atoms with E-state index in [1.807, 2.05) is 17.8 Å². The van der Waals surface area contributed by atoms with Gasteiger partial charge in [-0.1, -0.05) is 18.2 Å². The lowest BCUT2D eigenvalue weighted by molar-refractivity contribution is 0.0607. The molecule has 1 aliphatic rings. The third-order valence-corrected chi connectivity index (χ3v) is 4.40. The van der Waals surface area contributed by atoms with E-state index in [2.05, 4.69) is 29.6 Å². The summed E-state index contributed by atoms with van der Waals surface area (Å²) < 4.78 is 4.89. The second kappa shape index (κ2) is 7.14. The molecule has 1 fully saturated rings. The van der Waals surface area contributed by atoms with E-state index >= 15 is 0 Å².